The van der Waals surface area contributed by atoms with Crippen molar-refractivity contribution in [2.75, 3.05) is 25.1 Å². The number of hydrogen-bond acceptors (Lipinski definition) is 6. The molecule has 4 aromatic rings. The fourth-order valence-electron chi connectivity index (χ4n) is 6.33. The minimum absolute atomic E-state index is 0.0293. The number of para-hydroxylation sites is 1. The van der Waals surface area contributed by atoms with E-state index in [2.05, 4.69) is 5.32 Å². The Balaban J connectivity index is 1.56. The highest BCUT2D eigenvalue weighted by atomic mass is 32.2. The van der Waals surface area contributed by atoms with Gasteiger partial charge in [-0.1, -0.05) is 97.6 Å². The van der Waals surface area contributed by atoms with Crippen molar-refractivity contribution in [2.45, 2.75) is 69.0 Å². The fourth-order valence-corrected chi connectivity index (χ4v) is 7.76. The van der Waals surface area contributed by atoms with Crippen LogP contribution in [0.1, 0.15) is 48.8 Å². The lowest BCUT2D eigenvalue weighted by Crippen LogP contribution is -2.55. The molecule has 1 N–H and O–H groups in total. The van der Waals surface area contributed by atoms with Crippen molar-refractivity contribution in [2.24, 2.45) is 0 Å². The van der Waals surface area contributed by atoms with Gasteiger partial charge in [0.15, 0.2) is 11.5 Å². The second kappa shape index (κ2) is 16.5. The van der Waals surface area contributed by atoms with E-state index in [4.69, 9.17) is 9.47 Å². The Hall–Kier alpha value is -4.83. The third-order valence-corrected chi connectivity index (χ3v) is 10.7. The van der Waals surface area contributed by atoms with E-state index in [1.807, 2.05) is 61.5 Å². The number of carbonyl (C=O) groups excluding carboxylic acids is 2. The number of aryl methyl sites for hydroxylation is 1. The maximum atomic E-state index is 14.7. The molecule has 9 nitrogen and oxygen atoms in total. The first-order valence-corrected chi connectivity index (χ1v) is 18.1. The number of carbonyl (C=O) groups is 2. The van der Waals surface area contributed by atoms with E-state index in [-0.39, 0.29) is 35.6 Å². The smallest absolute Gasteiger partial charge is 0.264 e. The van der Waals surface area contributed by atoms with Crippen molar-refractivity contribution in [3.8, 4) is 11.5 Å². The normalized spacial score (nSPS) is 14.0. The van der Waals surface area contributed by atoms with Gasteiger partial charge in [0, 0.05) is 25.1 Å². The van der Waals surface area contributed by atoms with Crippen LogP contribution in [0.3, 0.4) is 0 Å². The second-order valence-electron chi connectivity index (χ2n) is 12.4. The first-order chi connectivity index (χ1) is 23.7. The summed E-state index contributed by atoms with van der Waals surface area (Å²) in [6.07, 6.45) is 5.27. The van der Waals surface area contributed by atoms with Crippen LogP contribution in [0.5, 0.6) is 11.5 Å². The Morgan fingerprint density at radius 3 is 2.10 bits per heavy atom. The molecule has 0 heterocycles. The number of anilines is 1. The molecule has 49 heavy (non-hydrogen) atoms. The Labute approximate surface area is 289 Å². The molecule has 0 aromatic heterocycles. The van der Waals surface area contributed by atoms with Crippen LogP contribution in [0.4, 0.5) is 5.69 Å². The zero-order valence-corrected chi connectivity index (χ0v) is 29.2. The molecule has 1 aliphatic carbocycles. The predicted molar refractivity (Wildman–Crippen MR) is 191 cm³/mol. The van der Waals surface area contributed by atoms with Gasteiger partial charge in [-0.2, -0.15) is 0 Å². The first-order valence-electron chi connectivity index (χ1n) is 16.7. The van der Waals surface area contributed by atoms with Crippen LogP contribution >= 0.6 is 0 Å². The highest BCUT2D eigenvalue weighted by molar-refractivity contribution is 7.92. The van der Waals surface area contributed by atoms with Gasteiger partial charge in [-0.25, -0.2) is 8.42 Å². The van der Waals surface area contributed by atoms with Crippen LogP contribution in [0, 0.1) is 6.92 Å². The van der Waals surface area contributed by atoms with E-state index in [1.165, 1.54) is 32.4 Å². The third-order valence-electron chi connectivity index (χ3n) is 8.92. The Bertz CT molecular complexity index is 1810. The quantitative estimate of drug-likeness (QED) is 0.167. The van der Waals surface area contributed by atoms with Crippen molar-refractivity contribution in [1.29, 1.82) is 0 Å². The minimum atomic E-state index is -4.30. The van der Waals surface area contributed by atoms with Gasteiger partial charge in [-0.05, 0) is 55.2 Å². The monoisotopic (exact) mass is 683 g/mol. The van der Waals surface area contributed by atoms with E-state index in [0.29, 0.717) is 11.4 Å². The number of rotatable bonds is 14. The van der Waals surface area contributed by atoms with Crippen LogP contribution in [0.15, 0.2) is 108 Å². The molecule has 1 fully saturated rings. The van der Waals surface area contributed by atoms with Crippen LogP contribution in [-0.2, 0) is 32.6 Å². The molecule has 0 spiro atoms. The van der Waals surface area contributed by atoms with Crippen LogP contribution in [-0.4, -0.2) is 58.0 Å². The average molecular weight is 684 g/mol. The molecule has 10 heteroatoms. The number of benzene rings is 4. The highest BCUT2D eigenvalue weighted by Crippen LogP contribution is 2.32. The summed E-state index contributed by atoms with van der Waals surface area (Å²) in [5.41, 5.74) is 3.06. The zero-order valence-electron chi connectivity index (χ0n) is 28.4. The van der Waals surface area contributed by atoms with Gasteiger partial charge < -0.3 is 19.7 Å². The molecule has 0 unspecified atom stereocenters. The third kappa shape index (κ3) is 9.00. The number of sulfonamides is 1. The summed E-state index contributed by atoms with van der Waals surface area (Å²) >= 11 is 0. The lowest BCUT2D eigenvalue weighted by Gasteiger charge is -2.35. The Kier molecular flexibility index (Phi) is 12.0. The summed E-state index contributed by atoms with van der Waals surface area (Å²) < 4.78 is 40.6. The standard InChI is InChI=1S/C39H45N3O6S/c1-29-14-13-17-31(24-29)27-41(35(25-30-15-7-4-8-16-30)39(44)40-32-18-9-5-10-19-32)38(43)28-42(33-20-11-6-12-21-33)49(45,46)34-22-23-36(47-2)37(26-34)48-3/h4,6-8,11-17,20-24,26,32,35H,5,9-10,18-19,25,27-28H2,1-3H3,(H,40,44)/t35-/m0/s1. The highest BCUT2D eigenvalue weighted by Gasteiger charge is 2.35. The number of hydrogen-bond donors (Lipinski definition) is 1. The van der Waals surface area contributed by atoms with Crippen molar-refractivity contribution < 1.29 is 27.5 Å². The molecular formula is C39H45N3O6S. The lowest BCUT2D eigenvalue weighted by atomic mass is 9.94. The molecule has 1 aliphatic rings. The van der Waals surface area contributed by atoms with E-state index in [0.717, 1.165) is 53.1 Å². The van der Waals surface area contributed by atoms with Crippen molar-refractivity contribution in [3.05, 3.63) is 120 Å². The lowest BCUT2D eigenvalue weighted by molar-refractivity contribution is -0.140. The molecule has 4 aromatic carbocycles. The molecule has 1 atom stereocenters. The van der Waals surface area contributed by atoms with Gasteiger partial charge in [-0.3, -0.25) is 13.9 Å². The largest absolute Gasteiger partial charge is 0.493 e. The summed E-state index contributed by atoms with van der Waals surface area (Å²) in [4.78, 5) is 30.5. The molecule has 2 amide bonds. The first kappa shape index (κ1) is 35.5. The topological polar surface area (TPSA) is 105 Å². The number of nitrogens with zero attached hydrogens (tertiary/aromatic N) is 2. The maximum Gasteiger partial charge on any atom is 0.264 e. The molecule has 0 radical (unpaired) electrons. The van der Waals surface area contributed by atoms with E-state index < -0.39 is 28.5 Å². The van der Waals surface area contributed by atoms with E-state index in [1.54, 1.807) is 35.2 Å². The van der Waals surface area contributed by atoms with Gasteiger partial charge in [-0.15, -0.1) is 0 Å². The summed E-state index contributed by atoms with van der Waals surface area (Å²) in [5.74, 6) is -0.132. The number of amides is 2. The SMILES string of the molecule is COc1ccc(S(=O)(=O)N(CC(=O)N(Cc2cccc(C)c2)[C@@H](Cc2ccccc2)C(=O)NC2CCCCC2)c2ccccc2)cc1OC. The maximum absolute atomic E-state index is 14.7. The molecule has 0 bridgehead atoms. The summed E-state index contributed by atoms with van der Waals surface area (Å²) in [5, 5.41) is 3.25. The number of ether oxygens (including phenoxy) is 2. The van der Waals surface area contributed by atoms with Gasteiger partial charge >= 0.3 is 0 Å². The number of nitrogens with one attached hydrogen (secondary N) is 1. The predicted octanol–water partition coefficient (Wildman–Crippen LogP) is 6.30. The molecule has 1 saturated carbocycles. The molecule has 5 rings (SSSR count). The zero-order chi connectivity index (χ0) is 34.8. The Morgan fingerprint density at radius 2 is 1.45 bits per heavy atom. The summed E-state index contributed by atoms with van der Waals surface area (Å²) in [7, 11) is -1.39. The van der Waals surface area contributed by atoms with Gasteiger partial charge in [0.1, 0.15) is 12.6 Å². The van der Waals surface area contributed by atoms with E-state index in [9.17, 15) is 18.0 Å². The van der Waals surface area contributed by atoms with Gasteiger partial charge in [0.2, 0.25) is 11.8 Å². The van der Waals surface area contributed by atoms with Gasteiger partial charge in [0.05, 0.1) is 24.8 Å². The molecule has 258 valence electrons. The number of methoxy groups -OCH3 is 2. The van der Waals surface area contributed by atoms with Crippen LogP contribution in [0.2, 0.25) is 0 Å². The van der Waals surface area contributed by atoms with Crippen molar-refractivity contribution in [1.82, 2.24) is 10.2 Å². The van der Waals surface area contributed by atoms with Gasteiger partial charge in [0.25, 0.3) is 10.0 Å². The van der Waals surface area contributed by atoms with Crippen molar-refractivity contribution in [3.63, 3.8) is 0 Å². The molecule has 0 saturated heterocycles. The minimum Gasteiger partial charge on any atom is -0.493 e. The molecule has 0 aliphatic heterocycles. The molecular weight excluding hydrogens is 639 g/mol. The summed E-state index contributed by atoms with van der Waals surface area (Å²) in [6, 6.07) is 29.4. The van der Waals surface area contributed by atoms with Crippen LogP contribution < -0.4 is 19.1 Å². The fraction of sp³-hybridized carbons (Fsp3) is 0.333. The second-order valence-corrected chi connectivity index (χ2v) is 14.3. The van der Waals surface area contributed by atoms with Crippen molar-refractivity contribution >= 4 is 27.5 Å². The average Bonchev–Trinajstić information content (AvgIpc) is 3.12. The van der Waals surface area contributed by atoms with E-state index >= 15 is 0 Å². The summed E-state index contributed by atoms with van der Waals surface area (Å²) in [6.45, 7) is 1.56. The Morgan fingerprint density at radius 1 is 0.796 bits per heavy atom. The van der Waals surface area contributed by atoms with Crippen LogP contribution in [0.25, 0.3) is 0 Å².